The molecule has 0 spiro atoms. The number of methoxy groups -OCH3 is 2. The number of aromatic nitrogens is 1. The molecule has 0 radical (unpaired) electrons. The fourth-order valence-corrected chi connectivity index (χ4v) is 2.00. The van der Waals surface area contributed by atoms with Crippen molar-refractivity contribution in [1.29, 1.82) is 0 Å². The normalized spacial score (nSPS) is 10.2. The topological polar surface area (TPSA) is 31.4 Å². The van der Waals surface area contributed by atoms with Crippen molar-refractivity contribution >= 4 is 0 Å². The Balaban J connectivity index is 2.48. The van der Waals surface area contributed by atoms with Gasteiger partial charge in [0.15, 0.2) is 0 Å². The second kappa shape index (κ2) is 5.08. The van der Waals surface area contributed by atoms with Crippen molar-refractivity contribution in [2.45, 2.75) is 13.8 Å². The van der Waals surface area contributed by atoms with Crippen LogP contribution in [0, 0.1) is 13.8 Å². The first-order chi connectivity index (χ1) is 8.65. The average Bonchev–Trinajstić information content (AvgIpc) is 2.39. The summed E-state index contributed by atoms with van der Waals surface area (Å²) in [7, 11) is 3.30. The largest absolute Gasteiger partial charge is 0.497 e. The molecule has 2 rings (SSSR count). The summed E-state index contributed by atoms with van der Waals surface area (Å²) < 4.78 is 10.3. The van der Waals surface area contributed by atoms with Gasteiger partial charge < -0.3 is 9.47 Å². The molecule has 0 N–H and O–H groups in total. The van der Waals surface area contributed by atoms with E-state index < -0.39 is 0 Å². The maximum absolute atomic E-state index is 5.22. The highest BCUT2D eigenvalue weighted by molar-refractivity contribution is 5.70. The molecule has 18 heavy (non-hydrogen) atoms. The van der Waals surface area contributed by atoms with Crippen molar-refractivity contribution in [3.05, 3.63) is 41.6 Å². The van der Waals surface area contributed by atoms with Gasteiger partial charge in [0.2, 0.25) is 5.88 Å². The maximum atomic E-state index is 5.22. The summed E-state index contributed by atoms with van der Waals surface area (Å²) in [5.74, 6) is 1.51. The molecule has 3 nitrogen and oxygen atoms in total. The molecule has 1 heterocycles. The lowest BCUT2D eigenvalue weighted by Gasteiger charge is -2.11. The van der Waals surface area contributed by atoms with Gasteiger partial charge in [-0.1, -0.05) is 6.07 Å². The van der Waals surface area contributed by atoms with Crippen molar-refractivity contribution in [3.8, 4) is 22.8 Å². The van der Waals surface area contributed by atoms with Crippen LogP contribution in [-0.2, 0) is 0 Å². The van der Waals surface area contributed by atoms with Crippen LogP contribution in [0.5, 0.6) is 11.6 Å². The average molecular weight is 243 g/mol. The van der Waals surface area contributed by atoms with Gasteiger partial charge in [-0.3, -0.25) is 0 Å². The Morgan fingerprint density at radius 2 is 1.61 bits per heavy atom. The van der Waals surface area contributed by atoms with Gasteiger partial charge in [0, 0.05) is 17.3 Å². The molecule has 0 aliphatic carbocycles. The van der Waals surface area contributed by atoms with Crippen LogP contribution in [0.25, 0.3) is 11.1 Å². The van der Waals surface area contributed by atoms with Gasteiger partial charge in [-0.05, 0) is 43.2 Å². The van der Waals surface area contributed by atoms with Gasteiger partial charge in [0.1, 0.15) is 5.75 Å². The van der Waals surface area contributed by atoms with Crippen LogP contribution >= 0.6 is 0 Å². The number of rotatable bonds is 3. The first-order valence-corrected chi connectivity index (χ1v) is 5.82. The summed E-state index contributed by atoms with van der Waals surface area (Å²) in [6, 6.07) is 9.97. The smallest absolute Gasteiger partial charge is 0.213 e. The summed E-state index contributed by atoms with van der Waals surface area (Å²) >= 11 is 0. The van der Waals surface area contributed by atoms with Crippen LogP contribution in [0.2, 0.25) is 0 Å². The number of hydrogen-bond donors (Lipinski definition) is 0. The quantitative estimate of drug-likeness (QED) is 0.828. The van der Waals surface area contributed by atoms with Crippen molar-refractivity contribution in [3.63, 3.8) is 0 Å². The van der Waals surface area contributed by atoms with E-state index in [4.69, 9.17) is 9.47 Å². The van der Waals surface area contributed by atoms with Gasteiger partial charge in [0.05, 0.1) is 14.2 Å². The third-order valence-electron chi connectivity index (χ3n) is 2.99. The highest BCUT2D eigenvalue weighted by atomic mass is 16.5. The third kappa shape index (κ3) is 2.30. The molecule has 2 aromatic rings. The molecule has 0 amide bonds. The molecule has 94 valence electrons. The molecule has 0 aliphatic rings. The summed E-state index contributed by atoms with van der Waals surface area (Å²) in [6.45, 7) is 4.06. The van der Waals surface area contributed by atoms with Crippen LogP contribution < -0.4 is 9.47 Å². The van der Waals surface area contributed by atoms with E-state index in [-0.39, 0.29) is 0 Å². The Morgan fingerprint density at radius 3 is 2.17 bits per heavy atom. The first-order valence-electron chi connectivity index (χ1n) is 5.82. The molecular weight excluding hydrogens is 226 g/mol. The van der Waals surface area contributed by atoms with E-state index in [1.807, 2.05) is 31.2 Å². The van der Waals surface area contributed by atoms with E-state index in [2.05, 4.69) is 18.0 Å². The summed E-state index contributed by atoms with van der Waals surface area (Å²) in [5, 5.41) is 0. The second-order valence-electron chi connectivity index (χ2n) is 4.17. The first kappa shape index (κ1) is 12.4. The highest BCUT2D eigenvalue weighted by Gasteiger charge is 2.08. The van der Waals surface area contributed by atoms with Gasteiger partial charge in [-0.25, -0.2) is 4.98 Å². The fraction of sp³-hybridized carbons (Fsp3) is 0.267. The van der Waals surface area contributed by atoms with E-state index >= 15 is 0 Å². The standard InChI is InChI=1S/C15H17NO2/c1-10-9-12(17-3)5-6-13(10)14-7-8-15(18-4)16-11(14)2/h5-9H,1-4H3. The van der Waals surface area contributed by atoms with E-state index in [1.54, 1.807) is 14.2 Å². The monoisotopic (exact) mass is 243 g/mol. The maximum Gasteiger partial charge on any atom is 0.213 e. The van der Waals surface area contributed by atoms with E-state index in [0.717, 1.165) is 17.0 Å². The summed E-state index contributed by atoms with van der Waals surface area (Å²) in [4.78, 5) is 4.40. The predicted molar refractivity (Wildman–Crippen MR) is 72.3 cm³/mol. The predicted octanol–water partition coefficient (Wildman–Crippen LogP) is 3.38. The highest BCUT2D eigenvalue weighted by Crippen LogP contribution is 2.29. The fourth-order valence-electron chi connectivity index (χ4n) is 2.00. The second-order valence-corrected chi connectivity index (χ2v) is 4.17. The lowest BCUT2D eigenvalue weighted by atomic mass is 9.99. The minimum absolute atomic E-state index is 0.641. The Bertz CT molecular complexity index is 513. The summed E-state index contributed by atoms with van der Waals surface area (Å²) in [6.07, 6.45) is 0. The number of pyridine rings is 1. The minimum atomic E-state index is 0.641. The van der Waals surface area contributed by atoms with Gasteiger partial charge in [-0.2, -0.15) is 0 Å². The van der Waals surface area contributed by atoms with Crippen LogP contribution in [0.3, 0.4) is 0 Å². The van der Waals surface area contributed by atoms with Gasteiger partial charge in [0.25, 0.3) is 0 Å². The molecule has 0 atom stereocenters. The van der Waals surface area contributed by atoms with E-state index in [0.29, 0.717) is 5.88 Å². The molecule has 0 saturated carbocycles. The number of aryl methyl sites for hydroxylation is 2. The molecule has 1 aromatic heterocycles. The van der Waals surface area contributed by atoms with Crippen molar-refractivity contribution in [2.24, 2.45) is 0 Å². The zero-order valence-electron chi connectivity index (χ0n) is 11.2. The van der Waals surface area contributed by atoms with E-state index in [1.165, 1.54) is 11.1 Å². The Morgan fingerprint density at radius 1 is 0.889 bits per heavy atom. The molecule has 0 aliphatic heterocycles. The number of ether oxygens (including phenoxy) is 2. The van der Waals surface area contributed by atoms with Crippen LogP contribution in [0.4, 0.5) is 0 Å². The SMILES string of the molecule is COc1ccc(-c2ccc(OC)nc2C)c(C)c1. The molecule has 0 fully saturated rings. The lowest BCUT2D eigenvalue weighted by Crippen LogP contribution is -1.94. The van der Waals surface area contributed by atoms with Gasteiger partial charge in [-0.15, -0.1) is 0 Å². The Hall–Kier alpha value is -2.03. The Labute approximate surface area is 107 Å². The number of hydrogen-bond acceptors (Lipinski definition) is 3. The molecule has 3 heteroatoms. The zero-order chi connectivity index (χ0) is 13.1. The van der Waals surface area contributed by atoms with E-state index in [9.17, 15) is 0 Å². The van der Waals surface area contributed by atoms with Crippen LogP contribution in [0.15, 0.2) is 30.3 Å². The Kier molecular flexibility index (Phi) is 3.51. The number of nitrogens with zero attached hydrogens (tertiary/aromatic N) is 1. The van der Waals surface area contributed by atoms with Crippen molar-refractivity contribution in [2.75, 3.05) is 14.2 Å². The molecule has 0 bridgehead atoms. The van der Waals surface area contributed by atoms with Crippen LogP contribution in [-0.4, -0.2) is 19.2 Å². The summed E-state index contributed by atoms with van der Waals surface area (Å²) in [5.41, 5.74) is 4.42. The molecule has 1 aromatic carbocycles. The third-order valence-corrected chi connectivity index (χ3v) is 2.99. The number of benzene rings is 1. The van der Waals surface area contributed by atoms with Crippen LogP contribution in [0.1, 0.15) is 11.3 Å². The minimum Gasteiger partial charge on any atom is -0.497 e. The van der Waals surface area contributed by atoms with Crippen molar-refractivity contribution in [1.82, 2.24) is 4.98 Å². The molecule has 0 saturated heterocycles. The molecule has 0 unspecified atom stereocenters. The lowest BCUT2D eigenvalue weighted by molar-refractivity contribution is 0.397. The molecular formula is C15H17NO2. The van der Waals surface area contributed by atoms with Gasteiger partial charge >= 0.3 is 0 Å². The van der Waals surface area contributed by atoms with Crippen molar-refractivity contribution < 1.29 is 9.47 Å². The zero-order valence-corrected chi connectivity index (χ0v) is 11.2.